The van der Waals surface area contributed by atoms with E-state index < -0.39 is 5.60 Å². The fourth-order valence-corrected chi connectivity index (χ4v) is 3.13. The molecular formula is C14H16ClN3O2S. The molecule has 1 aliphatic heterocycles. The van der Waals surface area contributed by atoms with Crippen LogP contribution in [0.2, 0.25) is 5.02 Å². The van der Waals surface area contributed by atoms with Gasteiger partial charge < -0.3 is 10.5 Å². The van der Waals surface area contributed by atoms with Gasteiger partial charge in [0.2, 0.25) is 0 Å². The molecule has 21 heavy (non-hydrogen) atoms. The number of nitrogen functional groups attached to an aromatic ring is 1. The van der Waals surface area contributed by atoms with Crippen molar-refractivity contribution in [2.24, 2.45) is 0 Å². The van der Waals surface area contributed by atoms with Crippen molar-refractivity contribution in [3.63, 3.8) is 0 Å². The second-order valence-corrected chi connectivity index (χ2v) is 6.33. The number of carbonyl (C=O) groups excluding carboxylic acids is 1. The van der Waals surface area contributed by atoms with E-state index in [1.807, 2.05) is 6.07 Å². The standard InChI is InChI=1S/C14H16ClN3O2S/c1-14(4-2-3-5-20-14)13(19)18-21-10-6-9(8-16)12(17)11(15)7-10/h6-7H,2-5,17H2,1H3,(H,18,19). The van der Waals surface area contributed by atoms with Gasteiger partial charge in [0, 0.05) is 11.5 Å². The number of hydrogen-bond acceptors (Lipinski definition) is 5. The van der Waals surface area contributed by atoms with Crippen molar-refractivity contribution in [3.8, 4) is 6.07 Å². The first-order valence-corrected chi connectivity index (χ1v) is 7.76. The number of hydrogen-bond donors (Lipinski definition) is 2. The van der Waals surface area contributed by atoms with Crippen LogP contribution < -0.4 is 10.5 Å². The van der Waals surface area contributed by atoms with E-state index in [4.69, 9.17) is 27.3 Å². The molecule has 1 heterocycles. The molecular weight excluding hydrogens is 310 g/mol. The van der Waals surface area contributed by atoms with Crippen LogP contribution in [0.15, 0.2) is 17.0 Å². The van der Waals surface area contributed by atoms with Crippen molar-refractivity contribution >= 4 is 35.1 Å². The fraction of sp³-hybridized carbons (Fsp3) is 0.429. The van der Waals surface area contributed by atoms with Gasteiger partial charge in [-0.1, -0.05) is 11.6 Å². The number of rotatable bonds is 3. The quantitative estimate of drug-likeness (QED) is 0.659. The molecule has 2 rings (SSSR count). The van der Waals surface area contributed by atoms with Gasteiger partial charge in [-0.25, -0.2) is 0 Å². The first-order chi connectivity index (χ1) is 9.96. The molecule has 0 aromatic heterocycles. The average Bonchev–Trinajstić information content (AvgIpc) is 2.48. The number of halogens is 1. The van der Waals surface area contributed by atoms with Crippen LogP contribution in [0.25, 0.3) is 0 Å². The zero-order chi connectivity index (χ0) is 15.5. The summed E-state index contributed by atoms with van der Waals surface area (Å²) in [6.07, 6.45) is 2.65. The van der Waals surface area contributed by atoms with E-state index in [1.165, 1.54) is 0 Å². The van der Waals surface area contributed by atoms with Gasteiger partial charge in [0.05, 0.1) is 16.3 Å². The van der Waals surface area contributed by atoms with Crippen molar-refractivity contribution in [2.75, 3.05) is 12.3 Å². The Kier molecular flexibility index (Phi) is 4.99. The van der Waals surface area contributed by atoms with E-state index >= 15 is 0 Å². The lowest BCUT2D eigenvalue weighted by Gasteiger charge is -2.32. The number of nitrogens with two attached hydrogens (primary N) is 1. The number of nitrogens with zero attached hydrogens (tertiary/aromatic N) is 1. The van der Waals surface area contributed by atoms with Gasteiger partial charge in [0.25, 0.3) is 5.91 Å². The number of amides is 1. The van der Waals surface area contributed by atoms with E-state index in [9.17, 15) is 4.79 Å². The summed E-state index contributed by atoms with van der Waals surface area (Å²) >= 11 is 7.06. The zero-order valence-corrected chi connectivity index (χ0v) is 13.2. The number of nitrogens with one attached hydrogen (secondary N) is 1. The van der Waals surface area contributed by atoms with E-state index in [1.54, 1.807) is 19.1 Å². The van der Waals surface area contributed by atoms with Crippen molar-refractivity contribution in [1.82, 2.24) is 4.72 Å². The van der Waals surface area contributed by atoms with Crippen LogP contribution in [0.4, 0.5) is 5.69 Å². The van der Waals surface area contributed by atoms with Gasteiger partial charge in [-0.3, -0.25) is 9.52 Å². The third-order valence-corrected chi connectivity index (χ3v) is 4.51. The Morgan fingerprint density at radius 3 is 2.95 bits per heavy atom. The summed E-state index contributed by atoms with van der Waals surface area (Å²) in [5, 5.41) is 9.28. The maximum atomic E-state index is 12.2. The van der Waals surface area contributed by atoms with Crippen LogP contribution in [0.5, 0.6) is 0 Å². The predicted molar refractivity (Wildman–Crippen MR) is 82.8 cm³/mol. The Labute approximate surface area is 132 Å². The minimum absolute atomic E-state index is 0.182. The van der Waals surface area contributed by atoms with Crippen LogP contribution in [0.3, 0.4) is 0 Å². The molecule has 0 spiro atoms. The van der Waals surface area contributed by atoms with Gasteiger partial charge in [-0.05, 0) is 50.3 Å². The maximum absolute atomic E-state index is 12.2. The molecule has 1 aliphatic rings. The summed E-state index contributed by atoms with van der Waals surface area (Å²) in [7, 11) is 0. The third-order valence-electron chi connectivity index (χ3n) is 3.43. The molecule has 0 aliphatic carbocycles. The smallest absolute Gasteiger partial charge is 0.262 e. The van der Waals surface area contributed by atoms with Crippen molar-refractivity contribution < 1.29 is 9.53 Å². The maximum Gasteiger partial charge on any atom is 0.262 e. The number of benzene rings is 1. The van der Waals surface area contributed by atoms with Crippen molar-refractivity contribution in [1.29, 1.82) is 5.26 Å². The van der Waals surface area contributed by atoms with Crippen molar-refractivity contribution in [2.45, 2.75) is 36.7 Å². The van der Waals surface area contributed by atoms with Crippen LogP contribution in [0, 0.1) is 11.3 Å². The van der Waals surface area contributed by atoms with Crippen LogP contribution in [0.1, 0.15) is 31.7 Å². The summed E-state index contributed by atoms with van der Waals surface area (Å²) in [5.41, 5.74) is 5.43. The van der Waals surface area contributed by atoms with Gasteiger partial charge >= 0.3 is 0 Å². The molecule has 0 radical (unpaired) electrons. The molecule has 1 atom stereocenters. The second-order valence-electron chi connectivity index (χ2n) is 5.05. The Balaban J connectivity index is 2.05. The van der Waals surface area contributed by atoms with Gasteiger partial charge in [-0.15, -0.1) is 0 Å². The zero-order valence-electron chi connectivity index (χ0n) is 11.6. The fourth-order valence-electron chi connectivity index (χ4n) is 2.07. The average molecular weight is 326 g/mol. The molecule has 1 fully saturated rings. The minimum Gasteiger partial charge on any atom is -0.396 e. The minimum atomic E-state index is -0.791. The van der Waals surface area contributed by atoms with Crippen LogP contribution in [-0.2, 0) is 9.53 Å². The van der Waals surface area contributed by atoms with Crippen LogP contribution in [-0.4, -0.2) is 18.1 Å². The topological polar surface area (TPSA) is 88.1 Å². The first-order valence-electron chi connectivity index (χ1n) is 6.56. The summed E-state index contributed by atoms with van der Waals surface area (Å²) in [6, 6.07) is 5.19. The molecule has 1 aromatic carbocycles. The van der Waals surface area contributed by atoms with Gasteiger partial charge in [0.15, 0.2) is 0 Å². The summed E-state index contributed by atoms with van der Waals surface area (Å²) < 4.78 is 8.33. The molecule has 1 amide bonds. The molecule has 0 bridgehead atoms. The highest BCUT2D eigenvalue weighted by Gasteiger charge is 2.36. The number of ether oxygens (including phenoxy) is 1. The largest absolute Gasteiger partial charge is 0.396 e. The Morgan fingerprint density at radius 1 is 1.57 bits per heavy atom. The number of nitriles is 1. The van der Waals surface area contributed by atoms with Crippen LogP contribution >= 0.6 is 23.5 Å². The van der Waals surface area contributed by atoms with Gasteiger partial charge in [0.1, 0.15) is 11.7 Å². The van der Waals surface area contributed by atoms with E-state index in [2.05, 4.69) is 4.72 Å². The van der Waals surface area contributed by atoms with E-state index in [0.717, 1.165) is 24.8 Å². The monoisotopic (exact) mass is 325 g/mol. The molecule has 112 valence electrons. The highest BCUT2D eigenvalue weighted by atomic mass is 35.5. The molecule has 1 aromatic rings. The first kappa shape index (κ1) is 16.0. The predicted octanol–water partition coefficient (Wildman–Crippen LogP) is 2.88. The molecule has 1 unspecified atom stereocenters. The molecule has 5 nitrogen and oxygen atoms in total. The highest BCUT2D eigenvalue weighted by molar-refractivity contribution is 7.98. The second kappa shape index (κ2) is 6.56. The van der Waals surface area contributed by atoms with Crippen molar-refractivity contribution in [3.05, 3.63) is 22.7 Å². The van der Waals surface area contributed by atoms with E-state index in [-0.39, 0.29) is 11.6 Å². The SMILES string of the molecule is CC1(C(=O)NSc2cc(Cl)c(N)c(C#N)c2)CCCCO1. The molecule has 1 saturated heterocycles. The molecule has 3 N–H and O–H groups in total. The summed E-state index contributed by atoms with van der Waals surface area (Å²) in [6.45, 7) is 2.39. The Morgan fingerprint density at radius 2 is 2.33 bits per heavy atom. The van der Waals surface area contributed by atoms with E-state index in [0.29, 0.717) is 28.5 Å². The number of anilines is 1. The normalized spacial score (nSPS) is 21.6. The Hall–Kier alpha value is -1.42. The lowest BCUT2D eigenvalue weighted by Crippen LogP contribution is -2.46. The lowest BCUT2D eigenvalue weighted by atomic mass is 9.95. The lowest BCUT2D eigenvalue weighted by molar-refractivity contribution is -0.148. The molecule has 7 heteroatoms. The summed E-state index contributed by atoms with van der Waals surface area (Å²) in [5.74, 6) is -0.182. The molecule has 0 saturated carbocycles. The number of carbonyl (C=O) groups is 1. The highest BCUT2D eigenvalue weighted by Crippen LogP contribution is 2.30. The Bertz CT molecular complexity index is 595. The third kappa shape index (κ3) is 3.62. The summed E-state index contributed by atoms with van der Waals surface area (Å²) in [4.78, 5) is 12.9. The van der Waals surface area contributed by atoms with Gasteiger partial charge in [-0.2, -0.15) is 5.26 Å².